The van der Waals surface area contributed by atoms with E-state index in [1.165, 1.54) is 0 Å². The fourth-order valence-corrected chi connectivity index (χ4v) is 2.20. The Labute approximate surface area is 134 Å². The molecule has 0 spiro atoms. The second-order valence-corrected chi connectivity index (χ2v) is 5.20. The molecule has 0 aliphatic rings. The minimum absolute atomic E-state index is 0.109. The number of benzene rings is 1. The summed E-state index contributed by atoms with van der Waals surface area (Å²) in [5.74, 6) is 1.72. The molecule has 0 saturated carbocycles. The van der Waals surface area contributed by atoms with Crippen molar-refractivity contribution in [1.82, 2.24) is 9.97 Å². The molecule has 1 amide bonds. The van der Waals surface area contributed by atoms with Crippen LogP contribution in [0.3, 0.4) is 0 Å². The lowest BCUT2D eigenvalue weighted by Crippen LogP contribution is -2.13. The van der Waals surface area contributed by atoms with Gasteiger partial charge in [-0.25, -0.2) is 9.97 Å². The highest BCUT2D eigenvalue weighted by Gasteiger charge is 2.09. The number of nitrogens with zero attached hydrogens (tertiary/aromatic N) is 2. The van der Waals surface area contributed by atoms with E-state index in [0.717, 1.165) is 11.3 Å². The van der Waals surface area contributed by atoms with E-state index in [0.29, 0.717) is 30.3 Å². The van der Waals surface area contributed by atoms with Crippen LogP contribution in [-0.2, 0) is 11.2 Å². The molecule has 0 radical (unpaired) electrons. The van der Waals surface area contributed by atoms with Crippen molar-refractivity contribution in [2.24, 2.45) is 0 Å². The van der Waals surface area contributed by atoms with Gasteiger partial charge in [0, 0.05) is 24.1 Å². The predicted molar refractivity (Wildman–Crippen MR) is 87.9 cm³/mol. The average molecular weight is 307 g/mol. The largest absolute Gasteiger partial charge is 0.441 e. The first-order valence-corrected chi connectivity index (χ1v) is 7.44. The number of hydrogen-bond acceptors (Lipinski definition) is 4. The first-order valence-electron chi connectivity index (χ1n) is 7.44. The molecule has 5 heteroatoms. The molecule has 116 valence electrons. The lowest BCUT2D eigenvalue weighted by atomic mass is 10.2. The Morgan fingerprint density at radius 1 is 1.13 bits per heavy atom. The smallest absolute Gasteiger partial charge is 0.226 e. The second kappa shape index (κ2) is 6.87. The normalized spacial score (nSPS) is 10.5. The Bertz CT molecular complexity index is 797. The maximum Gasteiger partial charge on any atom is 0.226 e. The molecule has 0 bridgehead atoms. The van der Waals surface area contributed by atoms with E-state index in [2.05, 4.69) is 15.3 Å². The van der Waals surface area contributed by atoms with Gasteiger partial charge >= 0.3 is 0 Å². The highest BCUT2D eigenvalue weighted by molar-refractivity contribution is 5.89. The van der Waals surface area contributed by atoms with Crippen LogP contribution in [0.5, 0.6) is 0 Å². The summed E-state index contributed by atoms with van der Waals surface area (Å²) in [6.07, 6.45) is 2.43. The van der Waals surface area contributed by atoms with Gasteiger partial charge in [0.2, 0.25) is 5.91 Å². The maximum absolute atomic E-state index is 12.0. The van der Waals surface area contributed by atoms with Crippen LogP contribution in [-0.4, -0.2) is 15.9 Å². The molecular formula is C18H17N3O2. The SMILES string of the molecule is Cc1cccc(NC(=O)CCc2ncc(-c3ccccc3)o2)n1. The van der Waals surface area contributed by atoms with Gasteiger partial charge in [0.1, 0.15) is 5.82 Å². The summed E-state index contributed by atoms with van der Waals surface area (Å²) in [6.45, 7) is 1.88. The topological polar surface area (TPSA) is 68.0 Å². The van der Waals surface area contributed by atoms with Crippen molar-refractivity contribution in [3.63, 3.8) is 0 Å². The van der Waals surface area contributed by atoms with Gasteiger partial charge in [-0.05, 0) is 19.1 Å². The zero-order chi connectivity index (χ0) is 16.1. The van der Waals surface area contributed by atoms with E-state index < -0.39 is 0 Å². The minimum Gasteiger partial charge on any atom is -0.441 e. The standard InChI is InChI=1S/C18H17N3O2/c1-13-6-5-9-16(20-13)21-17(22)10-11-18-19-12-15(23-18)14-7-3-2-4-8-14/h2-9,12H,10-11H2,1H3,(H,20,21,22). The number of nitrogens with one attached hydrogen (secondary N) is 1. The molecule has 2 aromatic heterocycles. The minimum atomic E-state index is -0.109. The van der Waals surface area contributed by atoms with E-state index in [9.17, 15) is 4.79 Å². The Hall–Kier alpha value is -2.95. The Kier molecular flexibility index (Phi) is 4.47. The molecule has 5 nitrogen and oxygen atoms in total. The molecule has 23 heavy (non-hydrogen) atoms. The third-order valence-electron chi connectivity index (χ3n) is 3.33. The van der Waals surface area contributed by atoms with Crippen LogP contribution in [0.2, 0.25) is 0 Å². The molecule has 0 saturated heterocycles. The second-order valence-electron chi connectivity index (χ2n) is 5.20. The van der Waals surface area contributed by atoms with E-state index >= 15 is 0 Å². The van der Waals surface area contributed by atoms with Crippen LogP contribution < -0.4 is 5.32 Å². The molecule has 2 heterocycles. The Morgan fingerprint density at radius 3 is 2.74 bits per heavy atom. The third-order valence-corrected chi connectivity index (χ3v) is 3.33. The number of aryl methyl sites for hydroxylation is 2. The van der Waals surface area contributed by atoms with Gasteiger partial charge in [-0.1, -0.05) is 36.4 Å². The summed E-state index contributed by atoms with van der Waals surface area (Å²) in [4.78, 5) is 20.4. The number of hydrogen-bond donors (Lipinski definition) is 1. The summed E-state index contributed by atoms with van der Waals surface area (Å²) in [6, 6.07) is 15.3. The summed E-state index contributed by atoms with van der Waals surface area (Å²) in [5.41, 5.74) is 1.84. The number of amides is 1. The highest BCUT2D eigenvalue weighted by Crippen LogP contribution is 2.20. The van der Waals surface area contributed by atoms with Gasteiger partial charge in [0.15, 0.2) is 11.7 Å². The molecule has 0 unspecified atom stereocenters. The van der Waals surface area contributed by atoms with Crippen molar-refractivity contribution in [2.75, 3.05) is 5.32 Å². The van der Waals surface area contributed by atoms with Crippen LogP contribution in [0.1, 0.15) is 18.0 Å². The van der Waals surface area contributed by atoms with Crippen LogP contribution in [0.4, 0.5) is 5.82 Å². The van der Waals surface area contributed by atoms with E-state index in [1.54, 1.807) is 12.3 Å². The fraction of sp³-hybridized carbons (Fsp3) is 0.167. The zero-order valence-electron chi connectivity index (χ0n) is 12.8. The van der Waals surface area contributed by atoms with Crippen LogP contribution in [0.25, 0.3) is 11.3 Å². The molecule has 3 aromatic rings. The number of pyridine rings is 1. The monoisotopic (exact) mass is 307 g/mol. The van der Waals surface area contributed by atoms with Crippen molar-refractivity contribution in [3.05, 3.63) is 66.3 Å². The van der Waals surface area contributed by atoms with Gasteiger partial charge in [-0.2, -0.15) is 0 Å². The predicted octanol–water partition coefficient (Wildman–Crippen LogP) is 3.62. The number of rotatable bonds is 5. The molecule has 1 aromatic carbocycles. The first-order chi connectivity index (χ1) is 11.2. The lowest BCUT2D eigenvalue weighted by Gasteiger charge is -2.03. The number of carbonyl (C=O) groups excluding carboxylic acids is 1. The van der Waals surface area contributed by atoms with Crippen molar-refractivity contribution >= 4 is 11.7 Å². The average Bonchev–Trinajstić information content (AvgIpc) is 3.03. The maximum atomic E-state index is 12.0. The first kappa shape index (κ1) is 15.0. The summed E-state index contributed by atoms with van der Waals surface area (Å²) in [5, 5.41) is 2.77. The van der Waals surface area contributed by atoms with Gasteiger partial charge in [-0.3, -0.25) is 4.79 Å². The number of anilines is 1. The summed E-state index contributed by atoms with van der Waals surface area (Å²) < 4.78 is 5.68. The van der Waals surface area contributed by atoms with Gasteiger partial charge in [-0.15, -0.1) is 0 Å². The van der Waals surface area contributed by atoms with Crippen molar-refractivity contribution in [1.29, 1.82) is 0 Å². The third kappa shape index (κ3) is 4.03. The van der Waals surface area contributed by atoms with E-state index in [4.69, 9.17) is 4.42 Å². The Morgan fingerprint density at radius 2 is 1.96 bits per heavy atom. The zero-order valence-corrected chi connectivity index (χ0v) is 12.8. The molecule has 0 fully saturated rings. The van der Waals surface area contributed by atoms with E-state index in [-0.39, 0.29) is 5.91 Å². The lowest BCUT2D eigenvalue weighted by molar-refractivity contribution is -0.116. The highest BCUT2D eigenvalue weighted by atomic mass is 16.4. The molecule has 0 aliphatic heterocycles. The molecule has 1 N–H and O–H groups in total. The Balaban J connectivity index is 1.56. The van der Waals surface area contributed by atoms with Crippen LogP contribution >= 0.6 is 0 Å². The molecular weight excluding hydrogens is 290 g/mol. The molecule has 0 atom stereocenters. The molecule has 3 rings (SSSR count). The van der Waals surface area contributed by atoms with E-state index in [1.807, 2.05) is 49.4 Å². The number of carbonyl (C=O) groups is 1. The summed E-state index contributed by atoms with van der Waals surface area (Å²) in [7, 11) is 0. The number of aromatic nitrogens is 2. The molecule has 0 aliphatic carbocycles. The number of oxazole rings is 1. The van der Waals surface area contributed by atoms with Gasteiger partial charge in [0.05, 0.1) is 6.20 Å². The van der Waals surface area contributed by atoms with Gasteiger partial charge < -0.3 is 9.73 Å². The summed E-state index contributed by atoms with van der Waals surface area (Å²) >= 11 is 0. The van der Waals surface area contributed by atoms with Crippen molar-refractivity contribution < 1.29 is 9.21 Å². The van der Waals surface area contributed by atoms with Crippen molar-refractivity contribution in [2.45, 2.75) is 19.8 Å². The quantitative estimate of drug-likeness (QED) is 0.781. The van der Waals surface area contributed by atoms with Gasteiger partial charge in [0.25, 0.3) is 0 Å². The van der Waals surface area contributed by atoms with Crippen LogP contribution in [0.15, 0.2) is 59.1 Å². The van der Waals surface area contributed by atoms with Crippen LogP contribution in [0, 0.1) is 6.92 Å². The van der Waals surface area contributed by atoms with Crippen molar-refractivity contribution in [3.8, 4) is 11.3 Å². The fourth-order valence-electron chi connectivity index (χ4n) is 2.20.